The number of amides is 1. The predicted molar refractivity (Wildman–Crippen MR) is 155 cm³/mol. The van der Waals surface area contributed by atoms with Gasteiger partial charge in [-0.15, -0.1) is 0 Å². The van der Waals surface area contributed by atoms with E-state index in [1.54, 1.807) is 17.0 Å². The molecule has 7 rings (SSSR count). The third kappa shape index (κ3) is 4.86. The van der Waals surface area contributed by atoms with Gasteiger partial charge >= 0.3 is 5.97 Å². The van der Waals surface area contributed by atoms with Crippen molar-refractivity contribution < 1.29 is 37.7 Å². The van der Waals surface area contributed by atoms with E-state index in [4.69, 9.17) is 30.8 Å². The largest absolute Gasteiger partial charge is 0.478 e. The molecule has 3 aromatic carbocycles. The maximum atomic E-state index is 15.3. The van der Waals surface area contributed by atoms with Gasteiger partial charge in [0.2, 0.25) is 5.91 Å². The average molecular weight is 622 g/mol. The van der Waals surface area contributed by atoms with Crippen LogP contribution < -0.4 is 9.47 Å². The smallest absolute Gasteiger partial charge is 0.335 e. The van der Waals surface area contributed by atoms with Crippen LogP contribution in [0.1, 0.15) is 47.1 Å². The summed E-state index contributed by atoms with van der Waals surface area (Å²) < 4.78 is 49.7. The molecule has 0 aliphatic carbocycles. The first kappa shape index (κ1) is 28.3. The minimum Gasteiger partial charge on any atom is -0.478 e. The highest BCUT2D eigenvalue weighted by atomic mass is 35.5. The summed E-state index contributed by atoms with van der Waals surface area (Å²) in [5, 5.41) is 9.72. The van der Waals surface area contributed by atoms with Crippen molar-refractivity contribution >= 4 is 40.1 Å². The van der Waals surface area contributed by atoms with Gasteiger partial charge in [0.15, 0.2) is 11.5 Å². The highest BCUT2D eigenvalue weighted by molar-refractivity contribution is 6.30. The van der Waals surface area contributed by atoms with E-state index in [0.717, 1.165) is 12.5 Å². The molecule has 3 aliphatic heterocycles. The summed E-state index contributed by atoms with van der Waals surface area (Å²) in [6.45, 7) is 3.09. The summed E-state index contributed by atoms with van der Waals surface area (Å²) in [5.41, 5.74) is 2.01. The molecule has 9 nitrogen and oxygen atoms in total. The Balaban J connectivity index is 1.17. The number of benzene rings is 3. The van der Waals surface area contributed by atoms with Crippen LogP contribution in [0.5, 0.6) is 11.5 Å². The number of nitrogens with zero attached hydrogens (tertiary/aromatic N) is 3. The number of fused-ring (bicyclic) bond motifs is 2. The van der Waals surface area contributed by atoms with Crippen LogP contribution in [-0.4, -0.2) is 50.7 Å². The van der Waals surface area contributed by atoms with E-state index in [0.29, 0.717) is 42.0 Å². The number of rotatable bonds is 7. The lowest BCUT2D eigenvalue weighted by atomic mass is 9.97. The molecule has 0 radical (unpaired) electrons. The third-order valence-corrected chi connectivity index (χ3v) is 8.50. The van der Waals surface area contributed by atoms with Crippen molar-refractivity contribution in [3.05, 3.63) is 93.8 Å². The zero-order chi connectivity index (χ0) is 30.7. The van der Waals surface area contributed by atoms with Gasteiger partial charge in [-0.25, -0.2) is 18.6 Å². The Kier molecular flexibility index (Phi) is 6.82. The minimum atomic E-state index is -1.57. The zero-order valence-corrected chi connectivity index (χ0v) is 24.2. The molecule has 44 heavy (non-hydrogen) atoms. The molecule has 4 aromatic rings. The van der Waals surface area contributed by atoms with E-state index in [2.05, 4.69) is 0 Å². The number of aromatic carboxylic acids is 1. The number of carboxylic acid groups (broad SMARTS) is 1. The first-order valence-electron chi connectivity index (χ1n) is 14.1. The quantitative estimate of drug-likeness (QED) is 0.273. The second-order valence-electron chi connectivity index (χ2n) is 11.1. The molecule has 1 N–H and O–H groups in total. The van der Waals surface area contributed by atoms with Gasteiger partial charge < -0.3 is 28.8 Å². The highest BCUT2D eigenvalue weighted by Gasteiger charge is 2.43. The summed E-state index contributed by atoms with van der Waals surface area (Å²) >= 11 is 5.91. The van der Waals surface area contributed by atoms with Gasteiger partial charge in [-0.2, -0.15) is 0 Å². The second kappa shape index (κ2) is 10.6. The van der Waals surface area contributed by atoms with Crippen molar-refractivity contribution in [2.24, 2.45) is 0 Å². The SMILES string of the molecule is CC1(c2ccc(Cl)cc2F)Oc2ccc(F)c(C3=CC(=O)N(Cc4nc5ccc(C(=O)O)cc5n4C[C@@H]4CCO4)CC3)c2O1. The highest BCUT2D eigenvalue weighted by Crippen LogP contribution is 2.50. The lowest BCUT2D eigenvalue weighted by molar-refractivity contribution is -0.127. The number of aromatic nitrogens is 2. The molecule has 1 saturated heterocycles. The van der Waals surface area contributed by atoms with E-state index in [1.807, 2.05) is 4.57 Å². The predicted octanol–water partition coefficient (Wildman–Crippen LogP) is 5.92. The Hall–Kier alpha value is -4.48. The maximum Gasteiger partial charge on any atom is 0.335 e. The molecule has 0 saturated carbocycles. The Morgan fingerprint density at radius 3 is 2.66 bits per heavy atom. The summed E-state index contributed by atoms with van der Waals surface area (Å²) in [5.74, 6) is -3.30. The first-order chi connectivity index (χ1) is 21.1. The molecule has 1 unspecified atom stereocenters. The van der Waals surface area contributed by atoms with Crippen LogP contribution in [0, 0.1) is 11.6 Å². The molecular weight excluding hydrogens is 596 g/mol. The molecule has 0 bridgehead atoms. The minimum absolute atomic E-state index is 0.0272. The fourth-order valence-electron chi connectivity index (χ4n) is 5.88. The van der Waals surface area contributed by atoms with Crippen LogP contribution in [0.3, 0.4) is 0 Å². The van der Waals surface area contributed by atoms with Gasteiger partial charge in [0.25, 0.3) is 5.79 Å². The number of carbonyl (C=O) groups excluding carboxylic acids is 1. The van der Waals surface area contributed by atoms with Gasteiger partial charge in [0, 0.05) is 31.2 Å². The topological polar surface area (TPSA) is 103 Å². The monoisotopic (exact) mass is 621 g/mol. The van der Waals surface area contributed by atoms with Gasteiger partial charge in [0.05, 0.1) is 46.9 Å². The van der Waals surface area contributed by atoms with Crippen LogP contribution in [0.2, 0.25) is 5.02 Å². The van der Waals surface area contributed by atoms with Crippen LogP contribution >= 0.6 is 11.6 Å². The first-order valence-corrected chi connectivity index (χ1v) is 14.5. The van der Waals surface area contributed by atoms with E-state index in [-0.39, 0.29) is 58.3 Å². The molecule has 1 amide bonds. The van der Waals surface area contributed by atoms with E-state index >= 15 is 4.39 Å². The van der Waals surface area contributed by atoms with Crippen LogP contribution in [-0.2, 0) is 28.4 Å². The number of imidazole rings is 1. The van der Waals surface area contributed by atoms with Gasteiger partial charge in [-0.3, -0.25) is 4.79 Å². The molecule has 1 aromatic heterocycles. The molecular formula is C32H26ClF2N3O6. The van der Waals surface area contributed by atoms with Gasteiger partial charge in [-0.1, -0.05) is 11.6 Å². The van der Waals surface area contributed by atoms with E-state index < -0.39 is 23.4 Å². The Morgan fingerprint density at radius 1 is 1.14 bits per heavy atom. The Morgan fingerprint density at radius 2 is 1.95 bits per heavy atom. The van der Waals surface area contributed by atoms with Crippen LogP contribution in [0.25, 0.3) is 16.6 Å². The average Bonchev–Trinajstić information content (AvgIpc) is 3.48. The summed E-state index contributed by atoms with van der Waals surface area (Å²) in [6, 6.07) is 11.5. The molecule has 12 heteroatoms. The number of hydrogen-bond acceptors (Lipinski definition) is 6. The van der Waals surface area contributed by atoms with E-state index in [1.165, 1.54) is 43.3 Å². The summed E-state index contributed by atoms with van der Waals surface area (Å²) in [4.78, 5) is 31.4. The number of carboxylic acids is 1. The molecule has 1 fully saturated rings. The van der Waals surface area contributed by atoms with Crippen molar-refractivity contribution in [3.8, 4) is 11.5 Å². The van der Waals surface area contributed by atoms with Crippen molar-refractivity contribution in [1.82, 2.24) is 14.5 Å². The van der Waals surface area contributed by atoms with Crippen molar-refractivity contribution in [2.75, 3.05) is 13.2 Å². The number of carbonyl (C=O) groups is 2. The normalized spacial score (nSPS) is 21.0. The molecule has 3 aliphatic rings. The molecule has 0 spiro atoms. The zero-order valence-electron chi connectivity index (χ0n) is 23.5. The molecule has 226 valence electrons. The third-order valence-electron chi connectivity index (χ3n) is 8.26. The maximum absolute atomic E-state index is 15.3. The van der Waals surface area contributed by atoms with Gasteiger partial charge in [0.1, 0.15) is 17.5 Å². The summed E-state index contributed by atoms with van der Waals surface area (Å²) in [7, 11) is 0. The van der Waals surface area contributed by atoms with Crippen LogP contribution in [0.4, 0.5) is 8.78 Å². The number of halogens is 3. The number of hydrogen-bond donors (Lipinski definition) is 1. The molecule has 4 heterocycles. The Bertz CT molecular complexity index is 1890. The van der Waals surface area contributed by atoms with E-state index in [9.17, 15) is 19.1 Å². The van der Waals surface area contributed by atoms with Crippen LogP contribution in [0.15, 0.2) is 54.6 Å². The second-order valence-corrected chi connectivity index (χ2v) is 11.6. The standard InChI is InChI=1S/C32H26ClF2N3O6/c1-32(21-4-3-19(33)14-23(21)35)43-26-7-5-22(34)29(30(26)44-32)17-8-10-37(28(39)13-17)16-27-36-24-6-2-18(31(40)41)12-25(24)38(27)15-20-9-11-42-20/h2-7,12-14,20H,8-11,15-16H2,1H3,(H,40,41)/t20-,32?/m0/s1. The fourth-order valence-corrected chi connectivity index (χ4v) is 6.04. The van der Waals surface area contributed by atoms with Crippen molar-refractivity contribution in [2.45, 2.75) is 44.7 Å². The van der Waals surface area contributed by atoms with Gasteiger partial charge in [-0.05, 0) is 66.9 Å². The van der Waals surface area contributed by atoms with Crippen molar-refractivity contribution in [1.29, 1.82) is 0 Å². The summed E-state index contributed by atoms with van der Waals surface area (Å²) in [6.07, 6.45) is 2.52. The number of ether oxygens (including phenoxy) is 3. The Labute approximate surface area is 255 Å². The lowest BCUT2D eigenvalue weighted by Crippen LogP contribution is -2.36. The molecule has 2 atom stereocenters. The lowest BCUT2D eigenvalue weighted by Gasteiger charge is -2.29. The van der Waals surface area contributed by atoms with Crippen molar-refractivity contribution in [3.63, 3.8) is 0 Å². The fraction of sp³-hybridized carbons (Fsp3) is 0.281.